The monoisotopic (exact) mass is 261 g/mol. The van der Waals surface area contributed by atoms with E-state index in [0.717, 1.165) is 12.8 Å². The lowest BCUT2D eigenvalue weighted by molar-refractivity contribution is -0.111. The molecule has 0 aliphatic carbocycles. The Morgan fingerprint density at radius 1 is 1.18 bits per heavy atom. The minimum absolute atomic E-state index is 0.273. The molecule has 0 aromatic rings. The van der Waals surface area contributed by atoms with Crippen LogP contribution in [0.3, 0.4) is 0 Å². The Hall–Kier alpha value is -0.960. The van der Waals surface area contributed by atoms with Crippen LogP contribution in [0.1, 0.15) is 46.5 Å². The number of hydrogen-bond acceptors (Lipinski definition) is 4. The topological polar surface area (TPSA) is 72.5 Å². The predicted molar refractivity (Wildman–Crippen MR) is 65.3 cm³/mol. The summed E-state index contributed by atoms with van der Waals surface area (Å²) in [7, 11) is -0.412. The lowest BCUT2D eigenvalue weighted by Crippen LogP contribution is -2.32. The summed E-state index contributed by atoms with van der Waals surface area (Å²) in [5, 5.41) is 2.63. The number of ether oxygens (including phenoxy) is 1. The van der Waals surface area contributed by atoms with Gasteiger partial charge in [0.1, 0.15) is 5.60 Å². The molecule has 0 atom stereocenters. The Labute approximate surface area is 103 Å². The molecule has 0 bridgehead atoms. The molecule has 17 heavy (non-hydrogen) atoms. The number of nitrogens with one attached hydrogen (secondary N) is 1. The van der Waals surface area contributed by atoms with E-state index in [2.05, 4.69) is 5.32 Å². The molecule has 98 valence electrons. The summed E-state index contributed by atoms with van der Waals surface area (Å²) >= 11 is 0. The number of carbonyl (C=O) groups excluding carboxylic acids is 2. The largest absolute Gasteiger partial charge is 0.444 e. The third-order valence-corrected chi connectivity index (χ3v) is 2.26. The molecule has 6 heteroatoms. The predicted octanol–water partition coefficient (Wildman–Crippen LogP) is 2.89. The van der Waals surface area contributed by atoms with Gasteiger partial charge in [0.2, 0.25) is 14.0 Å². The van der Waals surface area contributed by atoms with Crippen molar-refractivity contribution in [2.75, 3.05) is 6.54 Å². The van der Waals surface area contributed by atoms with Crippen molar-refractivity contribution in [3.8, 4) is 0 Å². The Morgan fingerprint density at radius 3 is 2.35 bits per heavy atom. The summed E-state index contributed by atoms with van der Waals surface area (Å²) in [4.78, 5) is 21.9. The van der Waals surface area contributed by atoms with Gasteiger partial charge < -0.3 is 10.1 Å². The molecule has 0 saturated carbocycles. The van der Waals surface area contributed by atoms with E-state index in [-0.39, 0.29) is 5.52 Å². The molecular weight excluding hydrogens is 241 g/mol. The summed E-state index contributed by atoms with van der Waals surface area (Å²) in [5.74, 6) is 0. The van der Waals surface area contributed by atoms with E-state index in [0.29, 0.717) is 19.4 Å². The molecule has 0 unspecified atom stereocenters. The van der Waals surface area contributed by atoms with Crippen LogP contribution in [0.4, 0.5) is 4.79 Å². The van der Waals surface area contributed by atoms with Crippen molar-refractivity contribution in [1.29, 1.82) is 0 Å². The van der Waals surface area contributed by atoms with Crippen LogP contribution in [0.15, 0.2) is 0 Å². The molecule has 5 nitrogen and oxygen atoms in total. The highest BCUT2D eigenvalue weighted by Crippen LogP contribution is 2.07. The van der Waals surface area contributed by atoms with Crippen LogP contribution in [0.5, 0.6) is 0 Å². The van der Waals surface area contributed by atoms with Gasteiger partial charge in [-0.1, -0.05) is 6.42 Å². The second-order valence-electron chi connectivity index (χ2n) is 4.72. The van der Waals surface area contributed by atoms with Crippen LogP contribution < -0.4 is 5.32 Å². The summed E-state index contributed by atoms with van der Waals surface area (Å²) in [6, 6.07) is 0. The average Bonchev–Trinajstić information content (AvgIpc) is 2.20. The van der Waals surface area contributed by atoms with Gasteiger partial charge >= 0.3 is 6.09 Å². The number of alkyl carbamates (subject to hydrolysis) is 1. The molecule has 0 aliphatic rings. The first-order valence-electron chi connectivity index (χ1n) is 5.68. The van der Waals surface area contributed by atoms with E-state index < -0.39 is 20.2 Å². The summed E-state index contributed by atoms with van der Waals surface area (Å²) < 4.78 is 15.2. The summed E-state index contributed by atoms with van der Waals surface area (Å²) in [5.41, 5.74) is -0.755. The van der Waals surface area contributed by atoms with Crippen molar-refractivity contribution in [1.82, 2.24) is 5.32 Å². The van der Waals surface area contributed by atoms with E-state index in [1.54, 1.807) is 20.8 Å². The van der Waals surface area contributed by atoms with Crippen LogP contribution in [-0.2, 0) is 14.1 Å². The molecule has 0 saturated heterocycles. The molecule has 0 fully saturated rings. The van der Waals surface area contributed by atoms with E-state index in [9.17, 15) is 14.2 Å². The van der Waals surface area contributed by atoms with Gasteiger partial charge in [-0.2, -0.15) is 0 Å². The first-order chi connectivity index (χ1) is 7.85. The normalized spacial score (nSPS) is 11.2. The number of unbranched alkanes of at least 4 members (excludes halogenated alkanes) is 2. The van der Waals surface area contributed by atoms with Crippen LogP contribution in [0, 0.1) is 0 Å². The number of carbonyl (C=O) groups is 2. The first kappa shape index (κ1) is 16.0. The molecule has 0 radical (unpaired) electrons. The van der Waals surface area contributed by atoms with Crippen LogP contribution in [-0.4, -0.2) is 23.8 Å². The highest BCUT2D eigenvalue weighted by atomic mass is 31.1. The van der Waals surface area contributed by atoms with Crippen LogP contribution in [0.2, 0.25) is 0 Å². The zero-order valence-electron chi connectivity index (χ0n) is 10.6. The van der Waals surface area contributed by atoms with Crippen LogP contribution >= 0.6 is 8.46 Å². The fourth-order valence-electron chi connectivity index (χ4n) is 1.13. The quantitative estimate of drug-likeness (QED) is 0.565. The van der Waals surface area contributed by atoms with Crippen molar-refractivity contribution < 1.29 is 18.9 Å². The minimum Gasteiger partial charge on any atom is -0.444 e. The summed E-state index contributed by atoms with van der Waals surface area (Å²) in [6.07, 6.45) is 2.20. The number of amides is 1. The van der Waals surface area contributed by atoms with Crippen molar-refractivity contribution in [3.05, 3.63) is 0 Å². The van der Waals surface area contributed by atoms with Gasteiger partial charge in [0.25, 0.3) is 0 Å². The van der Waals surface area contributed by atoms with Crippen molar-refractivity contribution >= 4 is 20.1 Å². The average molecular weight is 261 g/mol. The lowest BCUT2D eigenvalue weighted by Gasteiger charge is -2.19. The molecule has 0 aromatic heterocycles. The van der Waals surface area contributed by atoms with Gasteiger partial charge in [0.05, 0.1) is 0 Å². The van der Waals surface area contributed by atoms with E-state index in [4.69, 9.17) is 4.74 Å². The zero-order chi connectivity index (χ0) is 13.3. The Morgan fingerprint density at radius 2 is 1.82 bits per heavy atom. The smallest absolute Gasteiger partial charge is 0.407 e. The third-order valence-electron chi connectivity index (χ3n) is 1.84. The van der Waals surface area contributed by atoms with Crippen LogP contribution in [0.25, 0.3) is 0 Å². The van der Waals surface area contributed by atoms with Gasteiger partial charge in [-0.05, 0) is 33.6 Å². The maximum atomic E-state index is 11.2. The lowest BCUT2D eigenvalue weighted by atomic mass is 10.2. The maximum Gasteiger partial charge on any atom is 0.407 e. The van der Waals surface area contributed by atoms with Gasteiger partial charge in [0.15, 0.2) is 0 Å². The SMILES string of the molecule is CC(C)(C)OC(=O)NCCCCCC(=O)P=O. The highest BCUT2D eigenvalue weighted by Gasteiger charge is 2.15. The van der Waals surface area contributed by atoms with E-state index in [1.807, 2.05) is 0 Å². The van der Waals surface area contributed by atoms with E-state index in [1.165, 1.54) is 0 Å². The zero-order valence-corrected chi connectivity index (χ0v) is 11.5. The third kappa shape index (κ3) is 11.3. The first-order valence-corrected chi connectivity index (χ1v) is 6.49. The fourth-order valence-corrected chi connectivity index (χ4v) is 1.38. The fraction of sp³-hybridized carbons (Fsp3) is 0.818. The Kier molecular flexibility index (Phi) is 7.72. The molecule has 0 aliphatic heterocycles. The standard InChI is InChI=1S/C11H20NO4P/c1-11(2,3)16-10(14)12-8-6-4-5-7-9(13)17-15/h4-8H2,1-3H3,(H,12,14). The minimum atomic E-state index is -0.482. The Balaban J connectivity index is 3.43. The molecule has 0 spiro atoms. The van der Waals surface area contributed by atoms with Crippen molar-refractivity contribution in [2.24, 2.45) is 0 Å². The molecular formula is C11H20NO4P. The second-order valence-corrected chi connectivity index (χ2v) is 5.41. The van der Waals surface area contributed by atoms with Crippen molar-refractivity contribution in [3.63, 3.8) is 0 Å². The second kappa shape index (κ2) is 8.18. The van der Waals surface area contributed by atoms with Crippen molar-refractivity contribution in [2.45, 2.75) is 52.1 Å². The van der Waals surface area contributed by atoms with Gasteiger partial charge in [-0.3, -0.25) is 9.36 Å². The molecule has 0 heterocycles. The highest BCUT2D eigenvalue weighted by molar-refractivity contribution is 7.46. The number of hydrogen-bond donors (Lipinski definition) is 1. The van der Waals surface area contributed by atoms with E-state index >= 15 is 0 Å². The Bertz CT molecular complexity index is 273. The molecule has 0 aromatic carbocycles. The van der Waals surface area contributed by atoms with Gasteiger partial charge in [0, 0.05) is 13.0 Å². The molecule has 1 N–H and O–H groups in total. The maximum absolute atomic E-state index is 11.2. The molecule has 1 amide bonds. The van der Waals surface area contributed by atoms with Gasteiger partial charge in [-0.15, -0.1) is 0 Å². The molecule has 0 rings (SSSR count). The number of rotatable bonds is 7. The van der Waals surface area contributed by atoms with Gasteiger partial charge in [-0.25, -0.2) is 4.79 Å². The summed E-state index contributed by atoms with van der Waals surface area (Å²) in [6.45, 7) is 5.94.